The Hall–Kier alpha value is -0.610. The molecular weight excluding hydrogens is 216 g/mol. The summed E-state index contributed by atoms with van der Waals surface area (Å²) in [6, 6.07) is 0.451. The third-order valence-corrected chi connectivity index (χ3v) is 2.89. The lowest BCUT2D eigenvalue weighted by atomic mass is 10.0. The number of methoxy groups -OCH3 is 1. The van der Waals surface area contributed by atoms with Gasteiger partial charge in [0.2, 0.25) is 5.91 Å². The van der Waals surface area contributed by atoms with Gasteiger partial charge in [0.15, 0.2) is 0 Å². The van der Waals surface area contributed by atoms with Gasteiger partial charge in [0.1, 0.15) is 0 Å². The first-order chi connectivity index (χ1) is 7.99. The average Bonchev–Trinajstić information content (AvgIpc) is 2.26. The van der Waals surface area contributed by atoms with Crippen LogP contribution in [0.4, 0.5) is 0 Å². The fraction of sp³-hybridized carbons (Fsp3) is 0.923. The Labute approximate surface area is 105 Å². The van der Waals surface area contributed by atoms with Crippen molar-refractivity contribution in [2.45, 2.75) is 52.6 Å². The van der Waals surface area contributed by atoms with Crippen molar-refractivity contribution in [2.75, 3.05) is 20.3 Å². The summed E-state index contributed by atoms with van der Waals surface area (Å²) in [4.78, 5) is 11.6. The van der Waals surface area contributed by atoms with Crippen LogP contribution in [-0.2, 0) is 9.53 Å². The van der Waals surface area contributed by atoms with Crippen LogP contribution in [0.25, 0.3) is 0 Å². The van der Waals surface area contributed by atoms with E-state index >= 15 is 0 Å². The molecular formula is C13H28N2O2. The second-order valence-corrected chi connectivity index (χ2v) is 4.95. The average molecular weight is 244 g/mol. The quantitative estimate of drug-likeness (QED) is 0.647. The van der Waals surface area contributed by atoms with Crippen molar-refractivity contribution in [3.8, 4) is 0 Å². The molecule has 0 saturated heterocycles. The Kier molecular flexibility index (Phi) is 9.09. The van der Waals surface area contributed by atoms with E-state index in [1.165, 1.54) is 6.42 Å². The van der Waals surface area contributed by atoms with Crippen molar-refractivity contribution in [1.82, 2.24) is 10.6 Å². The van der Waals surface area contributed by atoms with E-state index < -0.39 is 0 Å². The SMILES string of the molecule is CCC(C)CC(C)NCC(=O)NC(C)COC. The Morgan fingerprint density at radius 3 is 2.41 bits per heavy atom. The highest BCUT2D eigenvalue weighted by Crippen LogP contribution is 2.08. The molecule has 3 unspecified atom stereocenters. The minimum absolute atomic E-state index is 0.0329. The van der Waals surface area contributed by atoms with Crippen LogP contribution >= 0.6 is 0 Å². The maximum atomic E-state index is 11.6. The number of rotatable bonds is 9. The van der Waals surface area contributed by atoms with Gasteiger partial charge in [-0.05, 0) is 26.2 Å². The molecule has 0 aromatic heterocycles. The Balaban J connectivity index is 3.68. The summed E-state index contributed by atoms with van der Waals surface area (Å²) in [5, 5.41) is 6.12. The lowest BCUT2D eigenvalue weighted by Crippen LogP contribution is -2.43. The second kappa shape index (κ2) is 9.42. The van der Waals surface area contributed by atoms with Crippen LogP contribution in [0.3, 0.4) is 0 Å². The zero-order valence-electron chi connectivity index (χ0n) is 11.9. The van der Waals surface area contributed by atoms with Crippen molar-refractivity contribution < 1.29 is 9.53 Å². The van der Waals surface area contributed by atoms with Gasteiger partial charge in [0.25, 0.3) is 0 Å². The van der Waals surface area contributed by atoms with Crippen molar-refractivity contribution in [2.24, 2.45) is 5.92 Å². The minimum atomic E-state index is 0.0329. The normalized spacial score (nSPS) is 16.3. The second-order valence-electron chi connectivity index (χ2n) is 4.95. The van der Waals surface area contributed by atoms with Gasteiger partial charge in [-0.25, -0.2) is 0 Å². The van der Waals surface area contributed by atoms with Crippen LogP contribution in [0, 0.1) is 5.92 Å². The molecule has 0 saturated carbocycles. The van der Waals surface area contributed by atoms with Crippen LogP contribution in [0.1, 0.15) is 40.5 Å². The van der Waals surface area contributed by atoms with Crippen molar-refractivity contribution >= 4 is 5.91 Å². The molecule has 4 nitrogen and oxygen atoms in total. The molecule has 0 fully saturated rings. The van der Waals surface area contributed by atoms with Gasteiger partial charge in [-0.2, -0.15) is 0 Å². The molecule has 0 aliphatic heterocycles. The summed E-state index contributed by atoms with van der Waals surface area (Å²) in [5.41, 5.74) is 0. The molecule has 0 aromatic carbocycles. The highest BCUT2D eigenvalue weighted by atomic mass is 16.5. The maximum absolute atomic E-state index is 11.6. The van der Waals surface area contributed by atoms with Gasteiger partial charge in [-0.3, -0.25) is 4.79 Å². The fourth-order valence-electron chi connectivity index (χ4n) is 1.74. The van der Waals surface area contributed by atoms with Crippen LogP contribution < -0.4 is 10.6 Å². The molecule has 4 heteroatoms. The van der Waals surface area contributed by atoms with E-state index in [2.05, 4.69) is 31.4 Å². The lowest BCUT2D eigenvalue weighted by Gasteiger charge is -2.18. The van der Waals surface area contributed by atoms with E-state index in [4.69, 9.17) is 4.74 Å². The van der Waals surface area contributed by atoms with Crippen LogP contribution in [-0.4, -0.2) is 38.3 Å². The summed E-state index contributed by atoms with van der Waals surface area (Å²) in [6.45, 7) is 9.41. The number of hydrogen-bond acceptors (Lipinski definition) is 3. The number of amides is 1. The number of nitrogens with one attached hydrogen (secondary N) is 2. The van der Waals surface area contributed by atoms with E-state index in [0.717, 1.165) is 6.42 Å². The largest absolute Gasteiger partial charge is 0.383 e. The fourth-order valence-corrected chi connectivity index (χ4v) is 1.74. The van der Waals surface area contributed by atoms with Crippen molar-refractivity contribution in [3.05, 3.63) is 0 Å². The van der Waals surface area contributed by atoms with Crippen LogP contribution in [0.15, 0.2) is 0 Å². The molecule has 0 rings (SSSR count). The molecule has 102 valence electrons. The standard InChI is InChI=1S/C13H28N2O2/c1-6-10(2)7-11(3)14-8-13(16)15-12(4)9-17-5/h10-12,14H,6-9H2,1-5H3,(H,15,16). The molecule has 0 aromatic rings. The number of hydrogen-bond donors (Lipinski definition) is 2. The summed E-state index contributed by atoms with van der Waals surface area (Å²) >= 11 is 0. The number of carbonyl (C=O) groups is 1. The summed E-state index contributed by atoms with van der Waals surface area (Å²) in [5.74, 6) is 0.735. The predicted octanol–water partition coefficient (Wildman–Crippen LogP) is 1.55. The molecule has 3 atom stereocenters. The molecule has 0 aliphatic carbocycles. The summed E-state index contributed by atoms with van der Waals surface area (Å²) in [6.07, 6.45) is 2.29. The van der Waals surface area contributed by atoms with E-state index in [1.807, 2.05) is 6.92 Å². The number of ether oxygens (including phenoxy) is 1. The predicted molar refractivity (Wildman–Crippen MR) is 71.0 cm³/mol. The molecule has 0 bridgehead atoms. The van der Waals surface area contributed by atoms with E-state index in [1.54, 1.807) is 7.11 Å². The Bertz CT molecular complexity index is 210. The third kappa shape index (κ3) is 9.12. The van der Waals surface area contributed by atoms with Gasteiger partial charge >= 0.3 is 0 Å². The molecule has 0 spiro atoms. The molecule has 17 heavy (non-hydrogen) atoms. The summed E-state index contributed by atoms with van der Waals surface area (Å²) in [7, 11) is 1.63. The van der Waals surface area contributed by atoms with E-state index in [-0.39, 0.29) is 11.9 Å². The molecule has 0 heterocycles. The Morgan fingerprint density at radius 1 is 1.24 bits per heavy atom. The zero-order chi connectivity index (χ0) is 13.3. The first kappa shape index (κ1) is 16.4. The van der Waals surface area contributed by atoms with E-state index in [9.17, 15) is 4.79 Å². The maximum Gasteiger partial charge on any atom is 0.234 e. The molecule has 0 aliphatic rings. The van der Waals surface area contributed by atoms with Crippen LogP contribution in [0.5, 0.6) is 0 Å². The first-order valence-electron chi connectivity index (χ1n) is 6.51. The van der Waals surface area contributed by atoms with Gasteiger partial charge in [0, 0.05) is 19.2 Å². The molecule has 2 N–H and O–H groups in total. The minimum Gasteiger partial charge on any atom is -0.383 e. The van der Waals surface area contributed by atoms with Crippen molar-refractivity contribution in [1.29, 1.82) is 0 Å². The zero-order valence-corrected chi connectivity index (χ0v) is 11.9. The van der Waals surface area contributed by atoms with Crippen LogP contribution in [0.2, 0.25) is 0 Å². The van der Waals surface area contributed by atoms with Gasteiger partial charge in [0.05, 0.1) is 13.2 Å². The van der Waals surface area contributed by atoms with Gasteiger partial charge in [-0.1, -0.05) is 20.3 Å². The monoisotopic (exact) mass is 244 g/mol. The lowest BCUT2D eigenvalue weighted by molar-refractivity contribution is -0.121. The first-order valence-corrected chi connectivity index (χ1v) is 6.51. The van der Waals surface area contributed by atoms with Gasteiger partial charge in [-0.15, -0.1) is 0 Å². The highest BCUT2D eigenvalue weighted by molar-refractivity contribution is 5.78. The van der Waals surface area contributed by atoms with E-state index in [0.29, 0.717) is 25.1 Å². The molecule has 1 amide bonds. The Morgan fingerprint density at radius 2 is 1.88 bits per heavy atom. The van der Waals surface area contributed by atoms with Crippen molar-refractivity contribution in [3.63, 3.8) is 0 Å². The smallest absolute Gasteiger partial charge is 0.234 e. The highest BCUT2D eigenvalue weighted by Gasteiger charge is 2.10. The topological polar surface area (TPSA) is 50.4 Å². The summed E-state index contributed by atoms with van der Waals surface area (Å²) < 4.78 is 4.96. The molecule has 0 radical (unpaired) electrons. The van der Waals surface area contributed by atoms with Gasteiger partial charge < -0.3 is 15.4 Å². The number of carbonyl (C=O) groups excluding carboxylic acids is 1. The third-order valence-electron chi connectivity index (χ3n) is 2.89.